The Hall–Kier alpha value is -3.14. The minimum atomic E-state index is -0.163. The molecule has 26 heavy (non-hydrogen) atoms. The summed E-state index contributed by atoms with van der Waals surface area (Å²) in [5, 5.41) is 8.15. The molecule has 0 bridgehead atoms. The van der Waals surface area contributed by atoms with Crippen LogP contribution in [0.3, 0.4) is 0 Å². The van der Waals surface area contributed by atoms with Gasteiger partial charge in [0.25, 0.3) is 5.91 Å². The van der Waals surface area contributed by atoms with Crippen molar-refractivity contribution < 1.29 is 9.59 Å². The van der Waals surface area contributed by atoms with Crippen molar-refractivity contribution in [3.63, 3.8) is 0 Å². The number of nitrogens with one attached hydrogen (secondary N) is 2. The number of rotatable bonds is 5. The van der Waals surface area contributed by atoms with Crippen molar-refractivity contribution in [3.05, 3.63) is 77.4 Å². The first-order chi connectivity index (χ1) is 12.7. The van der Waals surface area contributed by atoms with Crippen molar-refractivity contribution in [2.45, 2.75) is 19.3 Å². The third-order valence-electron chi connectivity index (χ3n) is 4.82. The molecule has 0 atom stereocenters. The molecule has 0 aromatic heterocycles. The van der Waals surface area contributed by atoms with Crippen LogP contribution in [0.25, 0.3) is 10.8 Å². The van der Waals surface area contributed by atoms with Crippen molar-refractivity contribution in [1.82, 2.24) is 5.32 Å². The second-order valence-electron chi connectivity index (χ2n) is 6.53. The normalized spacial score (nSPS) is 12.2. The van der Waals surface area contributed by atoms with Gasteiger partial charge in [-0.3, -0.25) is 9.59 Å². The predicted octanol–water partition coefficient (Wildman–Crippen LogP) is 3.70. The molecule has 1 aliphatic carbocycles. The highest BCUT2D eigenvalue weighted by Crippen LogP contribution is 2.34. The molecule has 2 amide bonds. The number of amides is 2. The van der Waals surface area contributed by atoms with E-state index in [0.717, 1.165) is 23.9 Å². The first-order valence-electron chi connectivity index (χ1n) is 8.89. The summed E-state index contributed by atoms with van der Waals surface area (Å²) in [6.45, 7) is 0.306. The van der Waals surface area contributed by atoms with Crippen molar-refractivity contribution in [3.8, 4) is 0 Å². The van der Waals surface area contributed by atoms with Crippen LogP contribution < -0.4 is 10.6 Å². The lowest BCUT2D eigenvalue weighted by Crippen LogP contribution is -2.27. The molecule has 0 aliphatic heterocycles. The third-order valence-corrected chi connectivity index (χ3v) is 4.82. The maximum absolute atomic E-state index is 12.3. The summed E-state index contributed by atoms with van der Waals surface area (Å²) in [6.07, 6.45) is 2.37. The van der Waals surface area contributed by atoms with Crippen LogP contribution >= 0.6 is 0 Å². The van der Waals surface area contributed by atoms with E-state index in [9.17, 15) is 9.59 Å². The Bertz CT molecular complexity index is 970. The van der Waals surface area contributed by atoms with Crippen LogP contribution in [0.1, 0.15) is 27.9 Å². The number of aryl methyl sites for hydroxylation is 2. The molecule has 0 saturated heterocycles. The number of carbonyl (C=O) groups is 2. The molecule has 3 aromatic rings. The SMILES string of the molecule is O=C(CCNC(=O)c1ccccc1)Nc1ccc2c3c(cccc13)CC2. The second kappa shape index (κ2) is 7.00. The highest BCUT2D eigenvalue weighted by molar-refractivity contribution is 6.05. The molecule has 4 nitrogen and oxygen atoms in total. The van der Waals surface area contributed by atoms with Crippen molar-refractivity contribution in [1.29, 1.82) is 0 Å². The lowest BCUT2D eigenvalue weighted by Gasteiger charge is -2.11. The largest absolute Gasteiger partial charge is 0.352 e. The van der Waals surface area contributed by atoms with Gasteiger partial charge < -0.3 is 10.6 Å². The lowest BCUT2D eigenvalue weighted by molar-refractivity contribution is -0.116. The molecule has 4 heteroatoms. The van der Waals surface area contributed by atoms with Crippen molar-refractivity contribution in [2.24, 2.45) is 0 Å². The van der Waals surface area contributed by atoms with E-state index in [4.69, 9.17) is 0 Å². The van der Waals surface area contributed by atoms with Gasteiger partial charge >= 0.3 is 0 Å². The van der Waals surface area contributed by atoms with E-state index in [2.05, 4.69) is 28.8 Å². The molecule has 2 N–H and O–H groups in total. The average Bonchev–Trinajstić information content (AvgIpc) is 3.09. The fourth-order valence-corrected chi connectivity index (χ4v) is 3.55. The van der Waals surface area contributed by atoms with Crippen molar-refractivity contribution in [2.75, 3.05) is 11.9 Å². The topological polar surface area (TPSA) is 58.2 Å². The van der Waals surface area contributed by atoms with E-state index in [-0.39, 0.29) is 18.2 Å². The Morgan fingerprint density at radius 1 is 0.846 bits per heavy atom. The third kappa shape index (κ3) is 3.18. The smallest absolute Gasteiger partial charge is 0.251 e. The van der Waals surface area contributed by atoms with Crippen LogP contribution in [0.2, 0.25) is 0 Å². The highest BCUT2D eigenvalue weighted by Gasteiger charge is 2.16. The lowest BCUT2D eigenvalue weighted by atomic mass is 10.0. The van der Waals surface area contributed by atoms with Crippen LogP contribution in [0, 0.1) is 0 Å². The van der Waals surface area contributed by atoms with Crippen LogP contribution in [0.4, 0.5) is 5.69 Å². The molecule has 3 aromatic carbocycles. The number of carbonyl (C=O) groups excluding carboxylic acids is 2. The van der Waals surface area contributed by atoms with Gasteiger partial charge in [-0.15, -0.1) is 0 Å². The Kier molecular flexibility index (Phi) is 4.40. The second-order valence-corrected chi connectivity index (χ2v) is 6.53. The summed E-state index contributed by atoms with van der Waals surface area (Å²) >= 11 is 0. The van der Waals surface area contributed by atoms with Crippen LogP contribution in [-0.4, -0.2) is 18.4 Å². The van der Waals surface area contributed by atoms with E-state index in [0.29, 0.717) is 12.1 Å². The minimum Gasteiger partial charge on any atom is -0.352 e. The first-order valence-corrected chi connectivity index (χ1v) is 8.89. The summed E-state index contributed by atoms with van der Waals surface area (Å²) in [7, 11) is 0. The Labute approximate surface area is 152 Å². The van der Waals surface area contributed by atoms with Gasteiger partial charge in [-0.25, -0.2) is 0 Å². The molecule has 0 unspecified atom stereocenters. The summed E-state index contributed by atoms with van der Waals surface area (Å²) in [4.78, 5) is 24.3. The number of hydrogen-bond donors (Lipinski definition) is 2. The Morgan fingerprint density at radius 3 is 2.42 bits per heavy atom. The average molecular weight is 344 g/mol. The zero-order valence-corrected chi connectivity index (χ0v) is 14.4. The summed E-state index contributed by atoms with van der Waals surface area (Å²) < 4.78 is 0. The molecule has 0 heterocycles. The number of hydrogen-bond acceptors (Lipinski definition) is 2. The molecular weight excluding hydrogens is 324 g/mol. The molecular formula is C22H20N2O2. The quantitative estimate of drug-likeness (QED) is 0.741. The van der Waals surface area contributed by atoms with Gasteiger partial charge in [0, 0.05) is 29.6 Å². The van der Waals surface area contributed by atoms with E-state index in [1.807, 2.05) is 30.3 Å². The summed E-state index contributed by atoms with van der Waals surface area (Å²) in [6, 6.07) is 19.3. The molecule has 0 saturated carbocycles. The molecule has 0 spiro atoms. The van der Waals surface area contributed by atoms with Gasteiger partial charge in [0.2, 0.25) is 5.91 Å². The molecule has 4 rings (SSSR count). The van der Waals surface area contributed by atoms with Crippen LogP contribution in [0.15, 0.2) is 60.7 Å². The Balaban J connectivity index is 1.39. The summed E-state index contributed by atoms with van der Waals surface area (Å²) in [5.74, 6) is -0.263. The maximum atomic E-state index is 12.3. The zero-order chi connectivity index (χ0) is 17.9. The van der Waals surface area contributed by atoms with E-state index < -0.39 is 0 Å². The van der Waals surface area contributed by atoms with Gasteiger partial charge in [-0.1, -0.05) is 42.5 Å². The highest BCUT2D eigenvalue weighted by atomic mass is 16.2. The van der Waals surface area contributed by atoms with Gasteiger partial charge in [-0.2, -0.15) is 0 Å². The van der Waals surface area contributed by atoms with Crippen molar-refractivity contribution >= 4 is 28.3 Å². The fourth-order valence-electron chi connectivity index (χ4n) is 3.55. The standard InChI is InChI=1S/C22H20N2O2/c25-20(13-14-23-22(26)17-5-2-1-3-6-17)24-19-12-11-16-10-9-15-7-4-8-18(19)21(15)16/h1-8,11-12H,9-10,13-14H2,(H,23,26)(H,24,25). The van der Waals surface area contributed by atoms with E-state index in [1.165, 1.54) is 16.5 Å². The van der Waals surface area contributed by atoms with E-state index in [1.54, 1.807) is 12.1 Å². The predicted molar refractivity (Wildman–Crippen MR) is 103 cm³/mol. The molecule has 130 valence electrons. The Morgan fingerprint density at radius 2 is 1.62 bits per heavy atom. The minimum absolute atomic E-state index is 0.0999. The zero-order valence-electron chi connectivity index (χ0n) is 14.4. The molecule has 0 fully saturated rings. The number of benzene rings is 3. The fraction of sp³-hybridized carbons (Fsp3) is 0.182. The van der Waals surface area contributed by atoms with Crippen LogP contribution in [0.5, 0.6) is 0 Å². The summed E-state index contributed by atoms with van der Waals surface area (Å²) in [5.41, 5.74) is 4.14. The van der Waals surface area contributed by atoms with Gasteiger partial charge in [0.05, 0.1) is 0 Å². The van der Waals surface area contributed by atoms with Crippen LogP contribution in [-0.2, 0) is 17.6 Å². The van der Waals surface area contributed by atoms with Gasteiger partial charge in [-0.05, 0) is 47.6 Å². The molecule has 1 aliphatic rings. The maximum Gasteiger partial charge on any atom is 0.251 e. The monoisotopic (exact) mass is 344 g/mol. The number of anilines is 1. The first kappa shape index (κ1) is 16.3. The molecule has 0 radical (unpaired) electrons. The van der Waals surface area contributed by atoms with Gasteiger partial charge in [0.1, 0.15) is 0 Å². The van der Waals surface area contributed by atoms with Gasteiger partial charge in [0.15, 0.2) is 0 Å². The van der Waals surface area contributed by atoms with E-state index >= 15 is 0 Å².